The fraction of sp³-hybridized carbons (Fsp3) is 0.778. The number of aryl methyl sites for hydroxylation is 1. The standard InChI is InChI=1S/C18H30N4O2/c1-18(7-3-4-8-18)13-20-17(24)22-10-5-6-14(12-22)15(23)16-19-9-11-21(16)2/h9,11,14-15,23H,3-8,10,12-13H2,1-2H3,(H,20,24). The number of urea groups is 1. The molecule has 1 aromatic rings. The highest BCUT2D eigenvalue weighted by molar-refractivity contribution is 5.74. The van der Waals surface area contributed by atoms with Crippen molar-refractivity contribution < 1.29 is 9.90 Å². The average Bonchev–Trinajstić information content (AvgIpc) is 3.21. The van der Waals surface area contributed by atoms with Crippen LogP contribution in [0.5, 0.6) is 0 Å². The molecule has 3 rings (SSSR count). The molecule has 0 radical (unpaired) electrons. The summed E-state index contributed by atoms with van der Waals surface area (Å²) in [6.45, 7) is 4.39. The van der Waals surface area contributed by atoms with Crippen molar-refractivity contribution in [3.05, 3.63) is 18.2 Å². The van der Waals surface area contributed by atoms with Gasteiger partial charge in [-0.2, -0.15) is 0 Å². The Morgan fingerprint density at radius 2 is 2.21 bits per heavy atom. The van der Waals surface area contributed by atoms with E-state index in [0.29, 0.717) is 12.4 Å². The smallest absolute Gasteiger partial charge is 0.317 e. The Labute approximate surface area is 144 Å². The van der Waals surface area contributed by atoms with Gasteiger partial charge in [0.25, 0.3) is 0 Å². The number of nitrogens with one attached hydrogen (secondary N) is 1. The van der Waals surface area contributed by atoms with Gasteiger partial charge in [-0.3, -0.25) is 0 Å². The largest absolute Gasteiger partial charge is 0.385 e. The molecule has 2 heterocycles. The van der Waals surface area contributed by atoms with Crippen LogP contribution in [0, 0.1) is 11.3 Å². The molecule has 0 aromatic carbocycles. The van der Waals surface area contributed by atoms with E-state index in [1.54, 1.807) is 6.20 Å². The van der Waals surface area contributed by atoms with Crippen molar-refractivity contribution in [2.24, 2.45) is 18.4 Å². The van der Waals surface area contributed by atoms with Crippen LogP contribution in [0.1, 0.15) is 57.4 Å². The highest BCUT2D eigenvalue weighted by Gasteiger charge is 2.33. The molecule has 134 valence electrons. The van der Waals surface area contributed by atoms with Gasteiger partial charge in [-0.15, -0.1) is 0 Å². The molecule has 0 bridgehead atoms. The molecule has 2 unspecified atom stereocenters. The summed E-state index contributed by atoms with van der Waals surface area (Å²) in [5.41, 5.74) is 0.261. The van der Waals surface area contributed by atoms with Gasteiger partial charge >= 0.3 is 6.03 Å². The van der Waals surface area contributed by atoms with Crippen LogP contribution < -0.4 is 5.32 Å². The van der Waals surface area contributed by atoms with Crippen molar-refractivity contribution in [2.75, 3.05) is 19.6 Å². The number of likely N-dealkylation sites (tertiary alicyclic amines) is 1. The van der Waals surface area contributed by atoms with Crippen LogP contribution >= 0.6 is 0 Å². The molecule has 1 aliphatic carbocycles. The first-order chi connectivity index (χ1) is 11.5. The molecule has 6 nitrogen and oxygen atoms in total. The van der Waals surface area contributed by atoms with E-state index in [2.05, 4.69) is 17.2 Å². The van der Waals surface area contributed by atoms with E-state index in [4.69, 9.17) is 0 Å². The normalized spacial score (nSPS) is 24.8. The van der Waals surface area contributed by atoms with Crippen LogP contribution in [0.4, 0.5) is 4.79 Å². The van der Waals surface area contributed by atoms with Gasteiger partial charge in [0.2, 0.25) is 0 Å². The third-order valence-electron chi connectivity index (χ3n) is 5.79. The van der Waals surface area contributed by atoms with Crippen molar-refractivity contribution >= 4 is 6.03 Å². The van der Waals surface area contributed by atoms with E-state index >= 15 is 0 Å². The van der Waals surface area contributed by atoms with Gasteiger partial charge in [-0.1, -0.05) is 19.8 Å². The lowest BCUT2D eigenvalue weighted by molar-refractivity contribution is 0.0528. The van der Waals surface area contributed by atoms with Crippen LogP contribution in [0.25, 0.3) is 0 Å². The predicted molar refractivity (Wildman–Crippen MR) is 92.4 cm³/mol. The number of amides is 2. The SMILES string of the molecule is Cn1ccnc1C(O)C1CCCN(C(=O)NCC2(C)CCCC2)C1. The fourth-order valence-electron chi connectivity index (χ4n) is 4.13. The lowest BCUT2D eigenvalue weighted by Crippen LogP contribution is -2.48. The Bertz CT molecular complexity index is 565. The number of aliphatic hydroxyl groups is 1. The van der Waals surface area contributed by atoms with E-state index in [1.807, 2.05) is 22.7 Å². The van der Waals surface area contributed by atoms with Gasteiger partial charge < -0.3 is 19.9 Å². The molecule has 1 saturated carbocycles. The van der Waals surface area contributed by atoms with Crippen LogP contribution in [0.15, 0.2) is 12.4 Å². The maximum Gasteiger partial charge on any atom is 0.317 e. The maximum atomic E-state index is 12.5. The average molecular weight is 334 g/mol. The highest BCUT2D eigenvalue weighted by atomic mass is 16.3. The third-order valence-corrected chi connectivity index (χ3v) is 5.79. The number of hydrogen-bond acceptors (Lipinski definition) is 3. The summed E-state index contributed by atoms with van der Waals surface area (Å²) in [5.74, 6) is 0.730. The van der Waals surface area contributed by atoms with E-state index in [0.717, 1.165) is 25.9 Å². The van der Waals surface area contributed by atoms with Crippen molar-refractivity contribution in [1.82, 2.24) is 19.8 Å². The molecule has 24 heavy (non-hydrogen) atoms. The maximum absolute atomic E-state index is 12.5. The van der Waals surface area contributed by atoms with Crippen molar-refractivity contribution in [2.45, 2.75) is 51.6 Å². The summed E-state index contributed by atoms with van der Waals surface area (Å²) < 4.78 is 1.85. The first-order valence-electron chi connectivity index (χ1n) is 9.17. The summed E-state index contributed by atoms with van der Waals surface area (Å²) in [7, 11) is 1.89. The molecule has 2 fully saturated rings. The van der Waals surface area contributed by atoms with Gasteiger partial charge in [0.15, 0.2) is 0 Å². The predicted octanol–water partition coefficient (Wildman–Crippen LogP) is 2.46. The van der Waals surface area contributed by atoms with Crippen LogP contribution in [0.2, 0.25) is 0 Å². The fourth-order valence-corrected chi connectivity index (χ4v) is 4.13. The summed E-state index contributed by atoms with van der Waals surface area (Å²) in [6.07, 6.45) is 9.73. The van der Waals surface area contributed by atoms with E-state index in [-0.39, 0.29) is 17.4 Å². The number of carbonyl (C=O) groups excluding carboxylic acids is 1. The summed E-state index contributed by atoms with van der Waals surface area (Å²) in [6, 6.07) is 0.0138. The van der Waals surface area contributed by atoms with Gasteiger partial charge in [-0.05, 0) is 31.1 Å². The van der Waals surface area contributed by atoms with Crippen molar-refractivity contribution in [3.8, 4) is 0 Å². The minimum absolute atomic E-state index is 0.0138. The lowest BCUT2D eigenvalue weighted by Gasteiger charge is -2.35. The van der Waals surface area contributed by atoms with Gasteiger partial charge in [-0.25, -0.2) is 9.78 Å². The van der Waals surface area contributed by atoms with Crippen LogP contribution in [-0.4, -0.2) is 45.2 Å². The zero-order valence-corrected chi connectivity index (χ0v) is 14.9. The molecular weight excluding hydrogens is 304 g/mol. The Kier molecular flexibility index (Phi) is 5.13. The first-order valence-corrected chi connectivity index (χ1v) is 9.17. The second-order valence-corrected chi connectivity index (χ2v) is 7.87. The number of carbonyl (C=O) groups is 1. The monoisotopic (exact) mass is 334 g/mol. The summed E-state index contributed by atoms with van der Waals surface area (Å²) in [5, 5.41) is 13.7. The summed E-state index contributed by atoms with van der Waals surface area (Å²) >= 11 is 0. The number of piperidine rings is 1. The number of aromatic nitrogens is 2. The van der Waals surface area contributed by atoms with Crippen molar-refractivity contribution in [1.29, 1.82) is 0 Å². The van der Waals surface area contributed by atoms with Crippen LogP contribution in [-0.2, 0) is 7.05 Å². The van der Waals surface area contributed by atoms with Gasteiger partial charge in [0.1, 0.15) is 11.9 Å². The molecule has 6 heteroatoms. The molecule has 2 atom stereocenters. The zero-order chi connectivity index (χ0) is 17.2. The zero-order valence-electron chi connectivity index (χ0n) is 14.9. The van der Waals surface area contributed by atoms with E-state index in [1.165, 1.54) is 25.7 Å². The summed E-state index contributed by atoms with van der Waals surface area (Å²) in [4.78, 5) is 18.6. The molecular formula is C18H30N4O2. The van der Waals surface area contributed by atoms with E-state index in [9.17, 15) is 9.90 Å². The molecule has 0 spiro atoms. The molecule has 2 aliphatic rings. The van der Waals surface area contributed by atoms with Gasteiger partial charge in [0.05, 0.1) is 0 Å². The van der Waals surface area contributed by atoms with Crippen molar-refractivity contribution in [3.63, 3.8) is 0 Å². The van der Waals surface area contributed by atoms with Crippen LogP contribution in [0.3, 0.4) is 0 Å². The number of imidazole rings is 1. The van der Waals surface area contributed by atoms with E-state index < -0.39 is 6.10 Å². The lowest BCUT2D eigenvalue weighted by atomic mass is 9.89. The van der Waals surface area contributed by atoms with Gasteiger partial charge in [0, 0.05) is 45.0 Å². The number of hydrogen-bond donors (Lipinski definition) is 2. The Morgan fingerprint density at radius 3 is 2.88 bits per heavy atom. The Morgan fingerprint density at radius 1 is 1.46 bits per heavy atom. The topological polar surface area (TPSA) is 70.4 Å². The molecule has 1 aromatic heterocycles. The third kappa shape index (κ3) is 3.74. The first kappa shape index (κ1) is 17.3. The second kappa shape index (κ2) is 7.13. The second-order valence-electron chi connectivity index (χ2n) is 7.87. The molecule has 1 saturated heterocycles. The number of nitrogens with zero attached hydrogens (tertiary/aromatic N) is 3. The quantitative estimate of drug-likeness (QED) is 0.888. The minimum Gasteiger partial charge on any atom is -0.385 e. The highest BCUT2D eigenvalue weighted by Crippen LogP contribution is 2.36. The number of aliphatic hydroxyl groups excluding tert-OH is 1. The Balaban J connectivity index is 1.55. The number of rotatable bonds is 4. The Hall–Kier alpha value is -1.56. The minimum atomic E-state index is -0.618. The molecule has 2 N–H and O–H groups in total. The molecule has 1 aliphatic heterocycles. The molecule has 2 amide bonds.